The Morgan fingerprint density at radius 2 is 2.11 bits per heavy atom. The fourth-order valence-electron chi connectivity index (χ4n) is 1.55. The molecule has 2 aromatic rings. The van der Waals surface area contributed by atoms with Crippen molar-refractivity contribution >= 4 is 17.3 Å². The summed E-state index contributed by atoms with van der Waals surface area (Å²) in [4.78, 5) is 4.26. The highest BCUT2D eigenvalue weighted by molar-refractivity contribution is 8.02. The highest BCUT2D eigenvalue weighted by Gasteiger charge is 2.16. The van der Waals surface area contributed by atoms with Crippen LogP contribution >= 0.6 is 11.8 Å². The lowest BCUT2D eigenvalue weighted by Gasteiger charge is -2.02. The van der Waals surface area contributed by atoms with E-state index in [2.05, 4.69) is 21.5 Å². The van der Waals surface area contributed by atoms with Crippen molar-refractivity contribution in [3.63, 3.8) is 0 Å². The first-order valence-electron chi connectivity index (χ1n) is 5.55. The van der Waals surface area contributed by atoms with Crippen molar-refractivity contribution in [2.45, 2.75) is 0 Å². The zero-order valence-corrected chi connectivity index (χ0v) is 11.4. The van der Waals surface area contributed by atoms with Crippen molar-refractivity contribution < 1.29 is 4.52 Å². The number of aromatic nitrogens is 2. The monoisotopic (exact) mass is 272 g/mol. The van der Waals surface area contributed by atoms with Gasteiger partial charge in [-0.3, -0.25) is 0 Å². The highest BCUT2D eigenvalue weighted by atomic mass is 32.2. The molecule has 1 heterocycles. The molecule has 5 nitrogen and oxygen atoms in total. The van der Waals surface area contributed by atoms with Gasteiger partial charge in [-0.1, -0.05) is 35.5 Å². The number of allylic oxidation sites excluding steroid dienone is 1. The topological polar surface area (TPSA) is 74.7 Å². The molecule has 0 saturated carbocycles. The maximum absolute atomic E-state index is 9.20. The summed E-state index contributed by atoms with van der Waals surface area (Å²) in [5, 5.41) is 16.7. The number of nitrogens with one attached hydrogen (secondary N) is 1. The van der Waals surface area contributed by atoms with E-state index in [4.69, 9.17) is 4.52 Å². The molecule has 96 valence electrons. The van der Waals surface area contributed by atoms with Crippen molar-refractivity contribution in [1.82, 2.24) is 15.5 Å². The lowest BCUT2D eigenvalue weighted by molar-refractivity contribution is 0.409. The number of benzene rings is 1. The molecule has 0 bridgehead atoms. The van der Waals surface area contributed by atoms with Gasteiger partial charge in [0.15, 0.2) is 0 Å². The van der Waals surface area contributed by atoms with Crippen LogP contribution in [0.4, 0.5) is 0 Å². The third-order valence-corrected chi connectivity index (χ3v) is 3.26. The first kappa shape index (κ1) is 13.2. The van der Waals surface area contributed by atoms with E-state index in [0.29, 0.717) is 16.4 Å². The molecule has 0 aliphatic rings. The number of thioether (sulfide) groups is 1. The van der Waals surface area contributed by atoms with Crippen molar-refractivity contribution in [2.24, 2.45) is 0 Å². The zero-order valence-electron chi connectivity index (χ0n) is 10.5. The minimum Gasteiger partial charge on any atom is -0.382 e. The Balaban J connectivity index is 2.42. The van der Waals surface area contributed by atoms with E-state index in [1.54, 1.807) is 7.05 Å². The summed E-state index contributed by atoms with van der Waals surface area (Å²) in [5.74, 6) is 0.694. The fraction of sp³-hybridized carbons (Fsp3) is 0.154. The average Bonchev–Trinajstić information content (AvgIpc) is 2.95. The van der Waals surface area contributed by atoms with Gasteiger partial charge >= 0.3 is 0 Å². The number of rotatable bonds is 4. The second-order valence-electron chi connectivity index (χ2n) is 3.56. The second-order valence-corrected chi connectivity index (χ2v) is 4.38. The minimum atomic E-state index is 0.222. The molecule has 1 N–H and O–H groups in total. The predicted molar refractivity (Wildman–Crippen MR) is 74.8 cm³/mol. The average molecular weight is 272 g/mol. The third kappa shape index (κ3) is 2.77. The van der Waals surface area contributed by atoms with Crippen LogP contribution in [0.2, 0.25) is 0 Å². The Kier molecular flexibility index (Phi) is 4.21. The zero-order chi connectivity index (χ0) is 13.7. The molecule has 0 fully saturated rings. The van der Waals surface area contributed by atoms with Gasteiger partial charge in [-0.2, -0.15) is 10.2 Å². The molecular weight excluding hydrogens is 260 g/mol. The molecular formula is C13H12N4OS. The van der Waals surface area contributed by atoms with E-state index in [0.717, 1.165) is 5.56 Å². The molecule has 19 heavy (non-hydrogen) atoms. The summed E-state index contributed by atoms with van der Waals surface area (Å²) in [5.41, 5.74) is 1.20. The molecule has 0 aliphatic carbocycles. The second kappa shape index (κ2) is 6.07. The number of nitrogens with zero attached hydrogens (tertiary/aromatic N) is 3. The van der Waals surface area contributed by atoms with Gasteiger partial charge in [-0.25, -0.2) is 0 Å². The van der Waals surface area contributed by atoms with Crippen molar-refractivity contribution in [2.75, 3.05) is 13.3 Å². The number of nitriles is 1. The Morgan fingerprint density at radius 3 is 2.68 bits per heavy atom. The normalized spacial score (nSPS) is 11.6. The van der Waals surface area contributed by atoms with Gasteiger partial charge < -0.3 is 9.84 Å². The Labute approximate surface area is 115 Å². The number of hydrogen-bond acceptors (Lipinski definition) is 6. The van der Waals surface area contributed by atoms with Gasteiger partial charge in [-0.15, -0.1) is 11.8 Å². The van der Waals surface area contributed by atoms with E-state index in [1.165, 1.54) is 11.8 Å². The fourth-order valence-corrected chi connectivity index (χ4v) is 2.10. The molecule has 0 amide bonds. The predicted octanol–water partition coefficient (Wildman–Crippen LogP) is 2.51. The largest absolute Gasteiger partial charge is 0.382 e. The van der Waals surface area contributed by atoms with E-state index in [9.17, 15) is 5.26 Å². The van der Waals surface area contributed by atoms with Gasteiger partial charge in [0.1, 0.15) is 11.6 Å². The summed E-state index contributed by atoms with van der Waals surface area (Å²) in [6.07, 6.45) is 1.87. The molecule has 0 atom stereocenters. The molecule has 1 aromatic carbocycles. The van der Waals surface area contributed by atoms with E-state index >= 15 is 0 Å². The van der Waals surface area contributed by atoms with E-state index in [1.807, 2.05) is 36.6 Å². The van der Waals surface area contributed by atoms with Crippen LogP contribution in [0.25, 0.3) is 17.0 Å². The molecule has 0 radical (unpaired) electrons. The van der Waals surface area contributed by atoms with Crippen LogP contribution in [0.15, 0.2) is 39.9 Å². The van der Waals surface area contributed by atoms with Gasteiger partial charge in [0.05, 0.1) is 5.03 Å². The van der Waals surface area contributed by atoms with Crippen molar-refractivity contribution in [1.29, 1.82) is 5.26 Å². The quantitative estimate of drug-likeness (QED) is 0.862. The Bertz CT molecular complexity index is 622. The first-order valence-corrected chi connectivity index (χ1v) is 6.78. The maximum atomic E-state index is 9.20. The standard InChI is InChI=1S/C13H12N4OS/c1-15-13(19-2)10(8-14)12-16-11(17-18-12)9-6-4-3-5-7-9/h3-7,15H,1-2H3/b13-10+. The van der Waals surface area contributed by atoms with E-state index in [-0.39, 0.29) is 5.89 Å². The van der Waals surface area contributed by atoms with Crippen LogP contribution in [-0.4, -0.2) is 23.4 Å². The lowest BCUT2D eigenvalue weighted by atomic mass is 10.2. The molecule has 6 heteroatoms. The van der Waals surface area contributed by atoms with Crippen molar-refractivity contribution in [3.8, 4) is 17.5 Å². The summed E-state index contributed by atoms with van der Waals surface area (Å²) in [6.45, 7) is 0. The SMILES string of the molecule is CN/C(SC)=C(/C#N)c1nc(-c2ccccc2)no1. The van der Waals surface area contributed by atoms with Gasteiger partial charge in [0.2, 0.25) is 5.82 Å². The Hall–Kier alpha value is -2.26. The number of hydrogen-bond donors (Lipinski definition) is 1. The van der Waals surface area contributed by atoms with Gasteiger partial charge in [0.25, 0.3) is 5.89 Å². The third-order valence-electron chi connectivity index (χ3n) is 2.44. The lowest BCUT2D eigenvalue weighted by Crippen LogP contribution is -2.04. The van der Waals surface area contributed by atoms with Gasteiger partial charge in [0, 0.05) is 12.6 Å². The first-order chi connectivity index (χ1) is 9.30. The van der Waals surface area contributed by atoms with Crippen LogP contribution in [0.1, 0.15) is 5.89 Å². The smallest absolute Gasteiger partial charge is 0.271 e. The minimum absolute atomic E-state index is 0.222. The van der Waals surface area contributed by atoms with Crippen molar-refractivity contribution in [3.05, 3.63) is 41.3 Å². The molecule has 2 rings (SSSR count). The summed E-state index contributed by atoms with van der Waals surface area (Å²) < 4.78 is 5.16. The van der Waals surface area contributed by atoms with Gasteiger partial charge in [-0.05, 0) is 6.26 Å². The van der Waals surface area contributed by atoms with Crippen LogP contribution in [0.3, 0.4) is 0 Å². The Morgan fingerprint density at radius 1 is 1.37 bits per heavy atom. The molecule has 0 spiro atoms. The maximum Gasteiger partial charge on any atom is 0.271 e. The molecule has 0 saturated heterocycles. The van der Waals surface area contributed by atoms with E-state index < -0.39 is 0 Å². The van der Waals surface area contributed by atoms with Crippen LogP contribution in [0, 0.1) is 11.3 Å². The highest BCUT2D eigenvalue weighted by Crippen LogP contribution is 2.23. The molecule has 0 aliphatic heterocycles. The summed E-state index contributed by atoms with van der Waals surface area (Å²) >= 11 is 1.42. The molecule has 1 aromatic heterocycles. The molecule has 0 unspecified atom stereocenters. The van der Waals surface area contributed by atoms with Crippen LogP contribution in [-0.2, 0) is 0 Å². The summed E-state index contributed by atoms with van der Waals surface area (Å²) in [7, 11) is 1.75. The van der Waals surface area contributed by atoms with Crippen LogP contribution < -0.4 is 5.32 Å². The summed E-state index contributed by atoms with van der Waals surface area (Å²) in [6, 6.07) is 11.6. The van der Waals surface area contributed by atoms with Crippen LogP contribution in [0.5, 0.6) is 0 Å².